The molecule has 2 aliphatic heterocycles. The number of benzene rings is 3. The maximum absolute atomic E-state index is 15.5. The number of carbonyl (C=O) groups excluding carboxylic acids is 11. The van der Waals surface area contributed by atoms with Crippen LogP contribution in [0.4, 0.5) is 0 Å². The van der Waals surface area contributed by atoms with E-state index in [1.54, 1.807) is 47.6 Å². The van der Waals surface area contributed by atoms with Gasteiger partial charge in [0.25, 0.3) is 0 Å². The second-order valence-electron chi connectivity index (χ2n) is 24.8. The van der Waals surface area contributed by atoms with Crippen molar-refractivity contribution in [3.8, 4) is 0 Å². The molecule has 2 fully saturated rings. The maximum Gasteiger partial charge on any atom is 0.245 e. The van der Waals surface area contributed by atoms with Gasteiger partial charge in [0.05, 0.1) is 32.1 Å². The zero-order valence-corrected chi connectivity index (χ0v) is 54.7. The number of aliphatic hydroxyl groups excluding tert-OH is 1. The Hall–Kier alpha value is -11.5. The van der Waals surface area contributed by atoms with Crippen LogP contribution in [0.15, 0.2) is 129 Å². The van der Waals surface area contributed by atoms with Crippen molar-refractivity contribution in [3.63, 3.8) is 0 Å². The number of H-pyrrole nitrogens is 4. The van der Waals surface area contributed by atoms with Gasteiger partial charge in [-0.25, -0.2) is 15.0 Å². The van der Waals surface area contributed by atoms with Gasteiger partial charge < -0.3 is 93.8 Å². The molecule has 9 atom stereocenters. The van der Waals surface area contributed by atoms with E-state index in [0.29, 0.717) is 58.4 Å². The lowest BCUT2D eigenvalue weighted by atomic mass is 10.0. The number of amides is 11. The summed E-state index contributed by atoms with van der Waals surface area (Å²) in [5, 5.41) is 36.7. The summed E-state index contributed by atoms with van der Waals surface area (Å²) in [5.74, 6) is -8.40. The monoisotopic (exact) mass is 1370 g/mol. The number of likely N-dealkylation sites (tertiary alicyclic amines) is 1. The third-order valence-electron chi connectivity index (χ3n) is 17.7. The number of nitrogens with zero attached hydrogens (tertiary/aromatic N) is 5. The normalized spacial score (nSPS) is 16.4. The third-order valence-corrected chi connectivity index (χ3v) is 17.7. The Kier molecular flexibility index (Phi) is 24.3. The first kappa shape index (κ1) is 71.2. The summed E-state index contributed by atoms with van der Waals surface area (Å²) in [6.07, 6.45) is 13.0. The Balaban J connectivity index is 0.926. The van der Waals surface area contributed by atoms with E-state index in [0.717, 1.165) is 16.5 Å². The first-order valence-corrected chi connectivity index (χ1v) is 33.1. The molecule has 2 aliphatic rings. The predicted octanol–water partition coefficient (Wildman–Crippen LogP) is -1.76. The van der Waals surface area contributed by atoms with Crippen molar-refractivity contribution in [2.75, 3.05) is 26.2 Å². The quantitative estimate of drug-likeness (QED) is 0.0196. The second kappa shape index (κ2) is 34.1. The minimum atomic E-state index is -1.80. The van der Waals surface area contributed by atoms with E-state index in [9.17, 15) is 43.5 Å². The van der Waals surface area contributed by atoms with Crippen LogP contribution in [0.2, 0.25) is 0 Å². The molecule has 100 heavy (non-hydrogen) atoms. The number of unbranched alkanes of at least 4 members (excludes halogenated alkanes) is 1. The molecule has 0 bridgehead atoms. The molecule has 2 saturated heterocycles. The molecular weight excluding hydrogens is 1290 g/mol. The van der Waals surface area contributed by atoms with Crippen LogP contribution in [0.3, 0.4) is 0 Å². The molecule has 0 saturated carbocycles. The summed E-state index contributed by atoms with van der Waals surface area (Å²) < 4.78 is 1.77. The van der Waals surface area contributed by atoms with E-state index < -0.39 is 127 Å². The molecule has 3 aromatic carbocycles. The number of fused-ring (bicyclic) bond motifs is 2. The van der Waals surface area contributed by atoms with Gasteiger partial charge >= 0.3 is 0 Å². The number of aliphatic hydroxyl groups is 1. The van der Waals surface area contributed by atoms with Gasteiger partial charge in [-0.05, 0) is 73.9 Å². The molecule has 32 heteroatoms. The lowest BCUT2D eigenvalue weighted by Gasteiger charge is -2.30. The summed E-state index contributed by atoms with van der Waals surface area (Å²) in [5.41, 5.74) is 15.9. The van der Waals surface area contributed by atoms with Crippen LogP contribution in [-0.2, 0) is 91.4 Å². The molecular formula is C68H82N20O12. The minimum Gasteiger partial charge on any atom is -0.394 e. The van der Waals surface area contributed by atoms with Crippen LogP contribution in [0.1, 0.15) is 78.7 Å². The van der Waals surface area contributed by atoms with Crippen molar-refractivity contribution < 1.29 is 57.8 Å². The standard InChI is InChI=1S/C68H82N20O12/c69-21-9-8-17-50(68(100)88-22-10-18-57(88)67(99)76-33-58(70)90)80-61(93)51(23-40-28-74-47-15-6-4-13-45(40)47)82-65(97)55(27-44-32-73-38-87(44)34-39-11-2-1-3-12-39)85-64(96)54(26-43-31-72-37-78-43)84-66(98)56(35-89)86-62(94)52(24-41-29-75-48-16-7-5-14-46(41)48)81-63(95)53(25-42-30-71-36-77-42)83-60(92)49-19-20-59(91)79-49/h1-7,11-16,28-32,36-38,49-57,74-75,89H,8-10,17-27,33-35,69H2,(H2,70,90)(H,71,77)(H,72,78)(H,76,99)(H,79,91)(H,80,93)(H,81,95)(H,82,97)(H,83,92)(H,84,98)(H,85,96)(H,86,94)/t49-,50-,51-,52-,53-,54-,55+,56-,57-/m0/s1. The Morgan fingerprint density at radius 1 is 0.570 bits per heavy atom. The predicted molar refractivity (Wildman–Crippen MR) is 362 cm³/mol. The van der Waals surface area contributed by atoms with Crippen LogP contribution in [-0.4, -0.2) is 195 Å². The highest BCUT2D eigenvalue weighted by Crippen LogP contribution is 2.24. The average Bonchev–Trinajstić information content (AvgIpc) is 1.62. The average molecular weight is 1370 g/mol. The van der Waals surface area contributed by atoms with E-state index >= 15 is 14.4 Å². The van der Waals surface area contributed by atoms with Gasteiger partial charge in [-0.1, -0.05) is 66.7 Å². The number of nitrogens with two attached hydrogens (primary N) is 2. The molecule has 0 aliphatic carbocycles. The number of carbonyl (C=O) groups is 11. The van der Waals surface area contributed by atoms with Gasteiger partial charge in [0.2, 0.25) is 65.0 Å². The van der Waals surface area contributed by atoms with Crippen molar-refractivity contribution in [2.45, 2.75) is 138 Å². The highest BCUT2D eigenvalue weighted by molar-refractivity contribution is 6.00. The fourth-order valence-corrected chi connectivity index (χ4v) is 12.4. The molecule has 5 aromatic heterocycles. The van der Waals surface area contributed by atoms with Crippen molar-refractivity contribution in [1.29, 1.82) is 0 Å². The molecule has 0 unspecified atom stereocenters. The van der Waals surface area contributed by atoms with Crippen LogP contribution >= 0.6 is 0 Å². The maximum atomic E-state index is 15.5. The number of aromatic amines is 4. The van der Waals surface area contributed by atoms with Gasteiger partial charge in [0.1, 0.15) is 54.4 Å². The third kappa shape index (κ3) is 18.8. The number of hydrogen-bond donors (Lipinski definition) is 16. The molecule has 7 heterocycles. The van der Waals surface area contributed by atoms with E-state index in [1.165, 1.54) is 36.1 Å². The second-order valence-corrected chi connectivity index (χ2v) is 24.8. The SMILES string of the molecule is NCCCC[C@H](NC(=O)[C@H](Cc1c[nH]c2ccccc12)NC(=O)[C@@H](Cc1cncn1Cc1ccccc1)NC(=O)[C@H](Cc1cnc[nH]1)NC(=O)[C@H](CO)NC(=O)[C@H](Cc1c[nH]c2ccccc12)NC(=O)[C@H](Cc1cnc[nH]1)NC(=O)[C@@H]1CCC(=O)N1)C(=O)N1CCC[C@H]1C(=O)NCC(N)=O. The highest BCUT2D eigenvalue weighted by atomic mass is 16.3. The van der Waals surface area contributed by atoms with Crippen molar-refractivity contribution in [2.24, 2.45) is 11.5 Å². The van der Waals surface area contributed by atoms with E-state index in [4.69, 9.17) is 11.5 Å². The number of aromatic nitrogens is 8. The number of para-hydroxylation sites is 2. The Bertz CT molecular complexity index is 4170. The fourth-order valence-electron chi connectivity index (χ4n) is 12.4. The molecule has 0 radical (unpaired) electrons. The number of primary amides is 1. The zero-order chi connectivity index (χ0) is 70.7. The number of hydrogen-bond acceptors (Lipinski definition) is 16. The first-order valence-electron chi connectivity index (χ1n) is 33.1. The highest BCUT2D eigenvalue weighted by Gasteiger charge is 2.40. The number of nitrogens with one attached hydrogen (secondary N) is 13. The Morgan fingerprint density at radius 2 is 1.09 bits per heavy atom. The van der Waals surface area contributed by atoms with Crippen LogP contribution in [0.25, 0.3) is 21.8 Å². The fraction of sp³-hybridized carbons (Fsp3) is 0.382. The van der Waals surface area contributed by atoms with Crippen LogP contribution in [0, 0.1) is 0 Å². The topological polar surface area (TPSA) is 478 Å². The first-order chi connectivity index (χ1) is 48.4. The molecule has 18 N–H and O–H groups in total. The smallest absolute Gasteiger partial charge is 0.245 e. The largest absolute Gasteiger partial charge is 0.394 e. The lowest BCUT2D eigenvalue weighted by molar-refractivity contribution is -0.142. The molecule has 526 valence electrons. The van der Waals surface area contributed by atoms with Gasteiger partial charge in [0, 0.05) is 121 Å². The van der Waals surface area contributed by atoms with Crippen molar-refractivity contribution >= 4 is 86.8 Å². The van der Waals surface area contributed by atoms with E-state index in [-0.39, 0.29) is 83.3 Å². The minimum absolute atomic E-state index is 0.0941. The Labute approximate surface area is 572 Å². The lowest BCUT2D eigenvalue weighted by Crippen LogP contribution is -2.62. The molecule has 10 rings (SSSR count). The van der Waals surface area contributed by atoms with E-state index in [2.05, 4.69) is 82.7 Å². The van der Waals surface area contributed by atoms with Crippen LogP contribution < -0.4 is 59.3 Å². The summed E-state index contributed by atoms with van der Waals surface area (Å²) in [4.78, 5) is 181. The summed E-state index contributed by atoms with van der Waals surface area (Å²) >= 11 is 0. The summed E-state index contributed by atoms with van der Waals surface area (Å²) in [6, 6.07) is 11.5. The summed E-state index contributed by atoms with van der Waals surface area (Å²) in [7, 11) is 0. The van der Waals surface area contributed by atoms with Crippen molar-refractivity contribution in [1.82, 2.24) is 92.2 Å². The van der Waals surface area contributed by atoms with Gasteiger partial charge in [-0.15, -0.1) is 0 Å². The molecule has 32 nitrogen and oxygen atoms in total. The van der Waals surface area contributed by atoms with Gasteiger partial charge in [0.15, 0.2) is 0 Å². The number of rotatable bonds is 35. The van der Waals surface area contributed by atoms with E-state index in [1.807, 2.05) is 54.6 Å². The van der Waals surface area contributed by atoms with Crippen LogP contribution in [0.5, 0.6) is 0 Å². The van der Waals surface area contributed by atoms with Gasteiger partial charge in [-0.3, -0.25) is 52.7 Å². The Morgan fingerprint density at radius 3 is 1.62 bits per heavy atom. The van der Waals surface area contributed by atoms with Gasteiger partial charge in [-0.2, -0.15) is 0 Å². The zero-order valence-electron chi connectivity index (χ0n) is 54.7. The van der Waals surface area contributed by atoms with Crippen molar-refractivity contribution in [3.05, 3.63) is 163 Å². The molecule has 0 spiro atoms. The molecule has 11 amide bonds. The number of imidazole rings is 3. The summed E-state index contributed by atoms with van der Waals surface area (Å²) in [6.45, 7) is -0.749. The molecule has 8 aromatic rings.